The van der Waals surface area contributed by atoms with Gasteiger partial charge in [0.1, 0.15) is 5.69 Å². The maximum Gasteiger partial charge on any atom is 0.236 e. The molecule has 0 aliphatic carbocycles. The molecule has 0 unspecified atom stereocenters. The van der Waals surface area contributed by atoms with Crippen LogP contribution in [0.25, 0.3) is 16.9 Å². The van der Waals surface area contributed by atoms with Crippen molar-refractivity contribution in [3.63, 3.8) is 0 Å². The van der Waals surface area contributed by atoms with Crippen molar-refractivity contribution in [3.8, 4) is 16.9 Å². The number of nitrogens with one attached hydrogen (secondary N) is 1. The molecule has 2 aromatic heterocycles. The van der Waals surface area contributed by atoms with Crippen LogP contribution in [0.1, 0.15) is 12.5 Å². The van der Waals surface area contributed by atoms with Crippen molar-refractivity contribution in [1.82, 2.24) is 20.2 Å². The third-order valence-electron chi connectivity index (χ3n) is 3.14. The minimum absolute atomic E-state index is 0.220. The van der Waals surface area contributed by atoms with E-state index < -0.39 is 0 Å². The number of carbonyl (C=O) groups excluding carboxylic acids is 1. The highest BCUT2D eigenvalue weighted by molar-refractivity contribution is 5.89. The zero-order valence-electron chi connectivity index (χ0n) is 12.5. The van der Waals surface area contributed by atoms with Gasteiger partial charge in [0.15, 0.2) is 0 Å². The molecule has 0 fully saturated rings. The van der Waals surface area contributed by atoms with E-state index in [-0.39, 0.29) is 5.91 Å². The lowest BCUT2D eigenvalue weighted by molar-refractivity contribution is -0.118. The van der Waals surface area contributed by atoms with E-state index in [2.05, 4.69) is 20.6 Å². The number of hydrazone groups is 1. The van der Waals surface area contributed by atoms with Gasteiger partial charge in [0.05, 0.1) is 11.9 Å². The first-order chi connectivity index (χ1) is 11.2. The number of amides is 1. The summed E-state index contributed by atoms with van der Waals surface area (Å²) in [6, 6.07) is 13.6. The first kappa shape index (κ1) is 14.6. The smallest absolute Gasteiger partial charge is 0.236 e. The van der Waals surface area contributed by atoms with Gasteiger partial charge in [-0.05, 0) is 24.3 Å². The molecular formula is C17H15N5O. The molecule has 6 nitrogen and oxygen atoms in total. The van der Waals surface area contributed by atoms with Crippen molar-refractivity contribution >= 4 is 12.1 Å². The highest BCUT2D eigenvalue weighted by Gasteiger charge is 2.10. The number of rotatable bonds is 4. The van der Waals surface area contributed by atoms with Crippen LogP contribution in [0.4, 0.5) is 0 Å². The largest absolute Gasteiger partial charge is 0.274 e. The Bertz CT molecular complexity index is 825. The molecule has 6 heteroatoms. The Kier molecular flexibility index (Phi) is 4.24. The topological polar surface area (TPSA) is 72.2 Å². The van der Waals surface area contributed by atoms with E-state index in [0.717, 1.165) is 22.5 Å². The molecule has 3 aromatic rings. The Morgan fingerprint density at radius 1 is 1.17 bits per heavy atom. The Hall–Kier alpha value is -3.28. The van der Waals surface area contributed by atoms with Crippen LogP contribution >= 0.6 is 0 Å². The van der Waals surface area contributed by atoms with Gasteiger partial charge in [-0.3, -0.25) is 9.78 Å². The van der Waals surface area contributed by atoms with E-state index in [1.807, 2.05) is 48.7 Å². The van der Waals surface area contributed by atoms with Crippen LogP contribution in [0.15, 0.2) is 66.2 Å². The van der Waals surface area contributed by atoms with Gasteiger partial charge in [0, 0.05) is 36.6 Å². The summed E-state index contributed by atoms with van der Waals surface area (Å²) >= 11 is 0. The quantitative estimate of drug-likeness (QED) is 0.594. The van der Waals surface area contributed by atoms with E-state index >= 15 is 0 Å². The minimum atomic E-state index is -0.220. The van der Waals surface area contributed by atoms with Gasteiger partial charge in [-0.1, -0.05) is 18.2 Å². The third kappa shape index (κ3) is 3.49. The van der Waals surface area contributed by atoms with Crippen LogP contribution < -0.4 is 5.43 Å². The minimum Gasteiger partial charge on any atom is -0.274 e. The summed E-state index contributed by atoms with van der Waals surface area (Å²) in [4.78, 5) is 15.0. The predicted octanol–water partition coefficient (Wildman–Crippen LogP) is 2.40. The first-order valence-electron chi connectivity index (χ1n) is 7.09. The SMILES string of the molecule is CC(=O)N/N=C\c1cn(-c2ccccc2)nc1-c1ccncc1. The third-order valence-corrected chi connectivity index (χ3v) is 3.14. The molecule has 0 saturated carbocycles. The van der Waals surface area contributed by atoms with Crippen molar-refractivity contribution in [2.75, 3.05) is 0 Å². The molecule has 23 heavy (non-hydrogen) atoms. The van der Waals surface area contributed by atoms with E-state index in [1.165, 1.54) is 6.92 Å². The van der Waals surface area contributed by atoms with E-state index in [9.17, 15) is 4.79 Å². The summed E-state index contributed by atoms with van der Waals surface area (Å²) in [7, 11) is 0. The van der Waals surface area contributed by atoms with Crippen LogP contribution in [0, 0.1) is 0 Å². The Morgan fingerprint density at radius 3 is 2.61 bits per heavy atom. The second kappa shape index (κ2) is 6.65. The van der Waals surface area contributed by atoms with Crippen LogP contribution in [0.2, 0.25) is 0 Å². The van der Waals surface area contributed by atoms with Crippen molar-refractivity contribution in [3.05, 3.63) is 66.6 Å². The summed E-state index contributed by atoms with van der Waals surface area (Å²) in [6.45, 7) is 1.41. The van der Waals surface area contributed by atoms with Crippen LogP contribution in [0.5, 0.6) is 0 Å². The molecule has 0 aliphatic heterocycles. The molecule has 0 spiro atoms. The fourth-order valence-corrected chi connectivity index (χ4v) is 2.12. The van der Waals surface area contributed by atoms with E-state index in [1.54, 1.807) is 23.3 Å². The summed E-state index contributed by atoms with van der Waals surface area (Å²) in [6.07, 6.45) is 6.89. The normalized spacial score (nSPS) is 10.8. The standard InChI is InChI=1S/C17H15N5O/c1-13(23)20-19-11-15-12-22(16-5-3-2-4-6-16)21-17(15)14-7-9-18-10-8-14/h2-12H,1H3,(H,20,23)/b19-11-. The van der Waals surface area contributed by atoms with Gasteiger partial charge in [0.2, 0.25) is 5.91 Å². The fourth-order valence-electron chi connectivity index (χ4n) is 2.12. The molecule has 3 rings (SSSR count). The number of pyridine rings is 1. The van der Waals surface area contributed by atoms with Gasteiger partial charge < -0.3 is 0 Å². The second-order valence-corrected chi connectivity index (χ2v) is 4.88. The Morgan fingerprint density at radius 2 is 1.91 bits per heavy atom. The molecule has 2 heterocycles. The number of hydrogen-bond donors (Lipinski definition) is 1. The van der Waals surface area contributed by atoms with Gasteiger partial charge in [0.25, 0.3) is 0 Å². The Labute approximate surface area is 133 Å². The van der Waals surface area contributed by atoms with Crippen molar-refractivity contribution in [1.29, 1.82) is 0 Å². The summed E-state index contributed by atoms with van der Waals surface area (Å²) in [5.41, 5.74) is 5.85. The van der Waals surface area contributed by atoms with Crippen LogP contribution in [0.3, 0.4) is 0 Å². The molecule has 1 N–H and O–H groups in total. The van der Waals surface area contributed by atoms with Gasteiger partial charge in [-0.15, -0.1) is 0 Å². The average molecular weight is 305 g/mol. The highest BCUT2D eigenvalue weighted by atomic mass is 16.2. The first-order valence-corrected chi connectivity index (χ1v) is 7.09. The maximum atomic E-state index is 11.0. The highest BCUT2D eigenvalue weighted by Crippen LogP contribution is 2.21. The lowest BCUT2D eigenvalue weighted by atomic mass is 10.1. The van der Waals surface area contributed by atoms with Crippen molar-refractivity contribution in [2.24, 2.45) is 5.10 Å². The molecule has 114 valence electrons. The number of nitrogens with zero attached hydrogens (tertiary/aromatic N) is 4. The molecule has 0 bridgehead atoms. The molecule has 1 aromatic carbocycles. The van der Waals surface area contributed by atoms with Gasteiger partial charge in [-0.2, -0.15) is 10.2 Å². The predicted molar refractivity (Wildman–Crippen MR) is 88.2 cm³/mol. The summed E-state index contributed by atoms with van der Waals surface area (Å²) in [5.74, 6) is -0.220. The van der Waals surface area contributed by atoms with E-state index in [4.69, 9.17) is 0 Å². The molecule has 0 atom stereocenters. The second-order valence-electron chi connectivity index (χ2n) is 4.88. The number of hydrogen-bond acceptors (Lipinski definition) is 4. The van der Waals surface area contributed by atoms with Crippen molar-refractivity contribution < 1.29 is 4.79 Å². The maximum absolute atomic E-state index is 11.0. The molecular weight excluding hydrogens is 290 g/mol. The Balaban J connectivity index is 2.03. The molecule has 0 saturated heterocycles. The van der Waals surface area contributed by atoms with Crippen LogP contribution in [-0.2, 0) is 4.79 Å². The number of para-hydroxylation sites is 1. The number of aromatic nitrogens is 3. The number of benzene rings is 1. The lowest BCUT2D eigenvalue weighted by Gasteiger charge is -2.00. The summed E-state index contributed by atoms with van der Waals surface area (Å²) in [5, 5.41) is 8.57. The number of carbonyl (C=O) groups is 1. The summed E-state index contributed by atoms with van der Waals surface area (Å²) < 4.78 is 1.78. The average Bonchev–Trinajstić information content (AvgIpc) is 3.00. The molecule has 0 aliphatic rings. The lowest BCUT2D eigenvalue weighted by Crippen LogP contribution is -2.12. The zero-order valence-corrected chi connectivity index (χ0v) is 12.5. The monoisotopic (exact) mass is 305 g/mol. The van der Waals surface area contributed by atoms with Crippen molar-refractivity contribution in [2.45, 2.75) is 6.92 Å². The molecule has 1 amide bonds. The fraction of sp³-hybridized carbons (Fsp3) is 0.0588. The van der Waals surface area contributed by atoms with Crippen LogP contribution in [-0.4, -0.2) is 26.9 Å². The zero-order chi connectivity index (χ0) is 16.1. The molecule has 0 radical (unpaired) electrons. The van der Waals surface area contributed by atoms with Gasteiger partial charge in [-0.25, -0.2) is 10.1 Å². The van der Waals surface area contributed by atoms with E-state index in [0.29, 0.717) is 0 Å². The van der Waals surface area contributed by atoms with Gasteiger partial charge >= 0.3 is 0 Å².